The molecule has 0 aliphatic carbocycles. The van der Waals surface area contributed by atoms with Gasteiger partial charge >= 0.3 is 0 Å². The molecule has 1 aromatic carbocycles. The van der Waals surface area contributed by atoms with Gasteiger partial charge in [-0.3, -0.25) is 4.79 Å². The fraction of sp³-hybridized carbons (Fsp3) is 0.471. The van der Waals surface area contributed by atoms with Crippen molar-refractivity contribution in [3.05, 3.63) is 36.0 Å². The van der Waals surface area contributed by atoms with Crippen LogP contribution in [0.4, 0.5) is 0 Å². The van der Waals surface area contributed by atoms with E-state index >= 15 is 0 Å². The lowest BCUT2D eigenvalue weighted by Crippen LogP contribution is -2.37. The molecule has 0 radical (unpaired) electrons. The summed E-state index contributed by atoms with van der Waals surface area (Å²) in [6.45, 7) is 1.40. The minimum absolute atomic E-state index is 0.0397. The summed E-state index contributed by atoms with van der Waals surface area (Å²) < 4.78 is 7.21. The van der Waals surface area contributed by atoms with Crippen LogP contribution >= 0.6 is 11.8 Å². The molecule has 0 saturated heterocycles. The molecule has 126 valence electrons. The lowest BCUT2D eigenvalue weighted by molar-refractivity contribution is 0.0915. The van der Waals surface area contributed by atoms with Crippen LogP contribution in [0.3, 0.4) is 0 Å². The minimum atomic E-state index is -0.197. The largest absolute Gasteiger partial charge is 0.394 e. The number of aromatic nitrogens is 1. The quantitative estimate of drug-likeness (QED) is 0.736. The van der Waals surface area contributed by atoms with Crippen LogP contribution in [-0.2, 0) is 11.3 Å². The Balaban J connectivity index is 2.09. The Morgan fingerprint density at radius 2 is 2.26 bits per heavy atom. The second kappa shape index (κ2) is 8.96. The van der Waals surface area contributed by atoms with Gasteiger partial charge in [0.05, 0.1) is 19.3 Å². The van der Waals surface area contributed by atoms with Crippen LogP contribution in [0.2, 0.25) is 0 Å². The predicted octanol–water partition coefficient (Wildman–Crippen LogP) is 2.13. The summed E-state index contributed by atoms with van der Waals surface area (Å²) in [6.07, 6.45) is 4.78. The number of hydrogen-bond acceptors (Lipinski definition) is 4. The number of amides is 1. The zero-order valence-electron chi connectivity index (χ0n) is 13.6. The Labute approximate surface area is 141 Å². The van der Waals surface area contributed by atoms with Crippen LogP contribution in [0.15, 0.2) is 30.5 Å². The van der Waals surface area contributed by atoms with Crippen molar-refractivity contribution < 1.29 is 14.6 Å². The number of nitrogens with one attached hydrogen (secondary N) is 1. The number of ether oxygens (including phenoxy) is 1. The molecule has 23 heavy (non-hydrogen) atoms. The molecule has 5 nitrogen and oxygen atoms in total. The number of methoxy groups -OCH3 is 1. The molecular weight excluding hydrogens is 312 g/mol. The van der Waals surface area contributed by atoms with Crippen molar-refractivity contribution in [2.75, 3.05) is 32.3 Å². The number of rotatable bonds is 9. The standard InChI is InChI=1S/C17H24N2O3S/c1-22-9-8-19-7-5-13-11-14(3-4-16(13)19)17(21)18-15(12-20)6-10-23-2/h3-5,7,11,15,20H,6,8-10,12H2,1-2H3,(H,18,21). The van der Waals surface area contributed by atoms with Gasteiger partial charge in [0.25, 0.3) is 5.91 Å². The zero-order valence-corrected chi connectivity index (χ0v) is 14.4. The number of hydrogen-bond donors (Lipinski definition) is 2. The highest BCUT2D eigenvalue weighted by Gasteiger charge is 2.13. The lowest BCUT2D eigenvalue weighted by Gasteiger charge is -2.15. The Kier molecular flexibility index (Phi) is 6.95. The maximum Gasteiger partial charge on any atom is 0.251 e. The molecular formula is C17H24N2O3S. The Bertz CT molecular complexity index is 642. The van der Waals surface area contributed by atoms with E-state index in [9.17, 15) is 9.90 Å². The molecule has 2 rings (SSSR count). The average molecular weight is 336 g/mol. The molecule has 1 heterocycles. The molecule has 6 heteroatoms. The Morgan fingerprint density at radius 1 is 1.43 bits per heavy atom. The third kappa shape index (κ3) is 4.73. The van der Waals surface area contributed by atoms with Crippen molar-refractivity contribution in [2.45, 2.75) is 19.0 Å². The van der Waals surface area contributed by atoms with Crippen molar-refractivity contribution in [3.8, 4) is 0 Å². The van der Waals surface area contributed by atoms with Crippen molar-refractivity contribution in [1.29, 1.82) is 0 Å². The number of carbonyl (C=O) groups excluding carboxylic acids is 1. The first kappa shape index (κ1) is 17.8. The second-order valence-corrected chi connectivity index (χ2v) is 6.40. The van der Waals surface area contributed by atoms with Gasteiger partial charge in [0.1, 0.15) is 0 Å². The van der Waals surface area contributed by atoms with Crippen LogP contribution in [0.1, 0.15) is 16.8 Å². The van der Waals surface area contributed by atoms with Gasteiger partial charge in [-0.1, -0.05) is 0 Å². The van der Waals surface area contributed by atoms with Gasteiger partial charge in [-0.05, 0) is 42.7 Å². The summed E-state index contributed by atoms with van der Waals surface area (Å²) in [5, 5.41) is 13.3. The molecule has 0 fully saturated rings. The molecule has 1 amide bonds. The molecule has 0 spiro atoms. The fourth-order valence-corrected chi connectivity index (χ4v) is 2.98. The molecule has 2 N–H and O–H groups in total. The minimum Gasteiger partial charge on any atom is -0.394 e. The second-order valence-electron chi connectivity index (χ2n) is 5.41. The molecule has 1 aromatic heterocycles. The number of thioether (sulfide) groups is 1. The van der Waals surface area contributed by atoms with E-state index in [0.29, 0.717) is 12.2 Å². The molecule has 2 aromatic rings. The highest BCUT2D eigenvalue weighted by Crippen LogP contribution is 2.18. The summed E-state index contributed by atoms with van der Waals surface area (Å²) in [5.41, 5.74) is 1.70. The van der Waals surface area contributed by atoms with Gasteiger partial charge in [-0.25, -0.2) is 0 Å². The van der Waals surface area contributed by atoms with Crippen molar-refractivity contribution in [2.24, 2.45) is 0 Å². The first-order valence-corrected chi connectivity index (χ1v) is 9.07. The maximum atomic E-state index is 12.3. The van der Waals surface area contributed by atoms with Gasteiger partial charge in [0.2, 0.25) is 0 Å². The lowest BCUT2D eigenvalue weighted by atomic mass is 10.1. The van der Waals surface area contributed by atoms with Crippen LogP contribution in [0.5, 0.6) is 0 Å². The van der Waals surface area contributed by atoms with Gasteiger partial charge in [-0.15, -0.1) is 0 Å². The number of aliphatic hydroxyl groups is 1. The zero-order chi connectivity index (χ0) is 16.7. The van der Waals surface area contributed by atoms with Gasteiger partial charge in [0, 0.05) is 36.3 Å². The molecule has 0 bridgehead atoms. The van der Waals surface area contributed by atoms with E-state index < -0.39 is 0 Å². The monoisotopic (exact) mass is 336 g/mol. The molecule has 0 aliphatic rings. The van der Waals surface area contributed by atoms with Crippen LogP contribution in [0, 0.1) is 0 Å². The summed E-state index contributed by atoms with van der Waals surface area (Å²) in [7, 11) is 1.68. The van der Waals surface area contributed by atoms with E-state index in [4.69, 9.17) is 4.74 Å². The molecule has 0 aliphatic heterocycles. The summed E-state index contributed by atoms with van der Waals surface area (Å²) >= 11 is 1.70. The Hall–Kier alpha value is -1.50. The Morgan fingerprint density at radius 3 is 2.96 bits per heavy atom. The number of aliphatic hydroxyl groups excluding tert-OH is 1. The number of fused-ring (bicyclic) bond motifs is 1. The van der Waals surface area contributed by atoms with Gasteiger partial charge in [-0.2, -0.15) is 11.8 Å². The highest BCUT2D eigenvalue weighted by atomic mass is 32.2. The average Bonchev–Trinajstić information content (AvgIpc) is 2.98. The maximum absolute atomic E-state index is 12.3. The smallest absolute Gasteiger partial charge is 0.251 e. The summed E-state index contributed by atoms with van der Waals surface area (Å²) in [6, 6.07) is 7.47. The van der Waals surface area contributed by atoms with Crippen molar-refractivity contribution >= 4 is 28.6 Å². The summed E-state index contributed by atoms with van der Waals surface area (Å²) in [5.74, 6) is 0.768. The third-order valence-corrected chi connectivity index (χ3v) is 4.44. The van der Waals surface area contributed by atoms with Crippen molar-refractivity contribution in [3.63, 3.8) is 0 Å². The van der Waals surface area contributed by atoms with E-state index in [1.54, 1.807) is 18.9 Å². The fourth-order valence-electron chi connectivity index (χ4n) is 2.46. The SMILES string of the molecule is COCCn1ccc2cc(C(=O)NC(CO)CCSC)ccc21. The number of benzene rings is 1. The van der Waals surface area contributed by atoms with E-state index in [1.165, 1.54) is 0 Å². The van der Waals surface area contributed by atoms with Crippen LogP contribution in [0.25, 0.3) is 10.9 Å². The van der Waals surface area contributed by atoms with Gasteiger partial charge < -0.3 is 19.7 Å². The first-order valence-electron chi connectivity index (χ1n) is 7.68. The van der Waals surface area contributed by atoms with Gasteiger partial charge in [0.15, 0.2) is 0 Å². The normalized spacial score (nSPS) is 12.5. The molecule has 0 saturated carbocycles. The molecule has 1 unspecified atom stereocenters. The van der Waals surface area contributed by atoms with E-state index in [0.717, 1.165) is 29.6 Å². The highest BCUT2D eigenvalue weighted by molar-refractivity contribution is 7.98. The first-order chi connectivity index (χ1) is 11.2. The predicted molar refractivity (Wildman–Crippen MR) is 95.2 cm³/mol. The van der Waals surface area contributed by atoms with Crippen LogP contribution in [-0.4, -0.2) is 54.0 Å². The number of carbonyl (C=O) groups is 1. The third-order valence-electron chi connectivity index (χ3n) is 3.80. The van der Waals surface area contributed by atoms with Crippen LogP contribution < -0.4 is 5.32 Å². The van der Waals surface area contributed by atoms with E-state index in [2.05, 4.69) is 9.88 Å². The number of nitrogens with zero attached hydrogens (tertiary/aromatic N) is 1. The molecule has 1 atom stereocenters. The topological polar surface area (TPSA) is 63.5 Å². The van der Waals surface area contributed by atoms with Crippen molar-refractivity contribution in [1.82, 2.24) is 9.88 Å². The summed E-state index contributed by atoms with van der Waals surface area (Å²) in [4.78, 5) is 12.3. The van der Waals surface area contributed by atoms with E-state index in [-0.39, 0.29) is 18.6 Å². The van der Waals surface area contributed by atoms with E-state index in [1.807, 2.05) is 36.7 Å².